The van der Waals surface area contributed by atoms with Gasteiger partial charge in [-0.3, -0.25) is 4.79 Å². The van der Waals surface area contributed by atoms with Gasteiger partial charge in [0.05, 0.1) is 0 Å². The van der Waals surface area contributed by atoms with Gasteiger partial charge in [-0.1, -0.05) is 49.4 Å². The lowest BCUT2D eigenvalue weighted by molar-refractivity contribution is -0.141. The molecule has 21 heavy (non-hydrogen) atoms. The SMILES string of the molecule is CCCC(=O)NC(Cc1cccc2ccccc12)C(=O)O. The largest absolute Gasteiger partial charge is 0.480 e. The number of hydrogen-bond donors (Lipinski definition) is 2. The molecule has 0 spiro atoms. The van der Waals surface area contributed by atoms with Crippen molar-refractivity contribution in [1.29, 1.82) is 0 Å². The molecule has 0 bridgehead atoms. The van der Waals surface area contributed by atoms with Gasteiger partial charge in [0, 0.05) is 12.8 Å². The zero-order valence-electron chi connectivity index (χ0n) is 12.0. The summed E-state index contributed by atoms with van der Waals surface area (Å²) in [6.45, 7) is 1.89. The number of carboxylic acid groups (broad SMARTS) is 1. The predicted octanol–water partition coefficient (Wildman–Crippen LogP) is 2.75. The number of rotatable bonds is 6. The minimum absolute atomic E-state index is 0.217. The van der Waals surface area contributed by atoms with Crippen LogP contribution in [0.4, 0.5) is 0 Å². The molecule has 1 amide bonds. The van der Waals surface area contributed by atoms with Crippen LogP contribution in [0.25, 0.3) is 10.8 Å². The molecule has 1 unspecified atom stereocenters. The number of aliphatic carboxylic acids is 1. The zero-order valence-corrected chi connectivity index (χ0v) is 12.0. The zero-order chi connectivity index (χ0) is 15.2. The Bertz CT molecular complexity index is 646. The summed E-state index contributed by atoms with van der Waals surface area (Å²) in [7, 11) is 0. The minimum Gasteiger partial charge on any atom is -0.480 e. The summed E-state index contributed by atoms with van der Waals surface area (Å²) in [5.41, 5.74) is 0.928. The number of benzene rings is 2. The van der Waals surface area contributed by atoms with Crippen LogP contribution in [0.3, 0.4) is 0 Å². The Labute approximate surface area is 123 Å². The summed E-state index contributed by atoms with van der Waals surface area (Å²) in [6.07, 6.45) is 1.33. The van der Waals surface area contributed by atoms with E-state index in [4.69, 9.17) is 0 Å². The van der Waals surface area contributed by atoms with Crippen molar-refractivity contribution >= 4 is 22.6 Å². The highest BCUT2D eigenvalue weighted by Crippen LogP contribution is 2.19. The number of fused-ring (bicyclic) bond motifs is 1. The van der Waals surface area contributed by atoms with Gasteiger partial charge in [-0.25, -0.2) is 4.79 Å². The van der Waals surface area contributed by atoms with Crippen LogP contribution in [0, 0.1) is 0 Å². The monoisotopic (exact) mass is 285 g/mol. The van der Waals surface area contributed by atoms with E-state index in [1.807, 2.05) is 49.4 Å². The van der Waals surface area contributed by atoms with E-state index < -0.39 is 12.0 Å². The third kappa shape index (κ3) is 3.81. The van der Waals surface area contributed by atoms with Crippen molar-refractivity contribution in [2.45, 2.75) is 32.2 Å². The third-order valence-electron chi connectivity index (χ3n) is 3.41. The maximum atomic E-state index is 11.6. The molecule has 0 aliphatic carbocycles. The lowest BCUT2D eigenvalue weighted by Crippen LogP contribution is -2.42. The molecule has 0 aliphatic rings. The summed E-state index contributed by atoms with van der Waals surface area (Å²) in [6, 6.07) is 12.7. The fourth-order valence-electron chi connectivity index (χ4n) is 2.38. The number of carbonyl (C=O) groups is 2. The van der Waals surface area contributed by atoms with E-state index in [0.29, 0.717) is 12.8 Å². The highest BCUT2D eigenvalue weighted by molar-refractivity contribution is 5.88. The molecule has 2 N–H and O–H groups in total. The van der Waals surface area contributed by atoms with E-state index in [1.165, 1.54) is 0 Å². The van der Waals surface area contributed by atoms with Gasteiger partial charge in [-0.15, -0.1) is 0 Å². The van der Waals surface area contributed by atoms with Crippen molar-refractivity contribution < 1.29 is 14.7 Å². The smallest absolute Gasteiger partial charge is 0.326 e. The van der Waals surface area contributed by atoms with E-state index in [9.17, 15) is 14.7 Å². The molecule has 0 aromatic heterocycles. The van der Waals surface area contributed by atoms with Crippen LogP contribution in [0.1, 0.15) is 25.3 Å². The van der Waals surface area contributed by atoms with Crippen LogP contribution < -0.4 is 5.32 Å². The fraction of sp³-hybridized carbons (Fsp3) is 0.294. The van der Waals surface area contributed by atoms with Crippen molar-refractivity contribution in [1.82, 2.24) is 5.32 Å². The fourth-order valence-corrected chi connectivity index (χ4v) is 2.38. The second-order valence-electron chi connectivity index (χ2n) is 5.05. The van der Waals surface area contributed by atoms with Crippen molar-refractivity contribution in [2.24, 2.45) is 0 Å². The highest BCUT2D eigenvalue weighted by atomic mass is 16.4. The molecule has 0 heterocycles. The molecule has 0 aliphatic heterocycles. The molecule has 0 saturated carbocycles. The van der Waals surface area contributed by atoms with Crippen LogP contribution in [0.15, 0.2) is 42.5 Å². The van der Waals surface area contributed by atoms with Gasteiger partial charge in [-0.05, 0) is 22.8 Å². The lowest BCUT2D eigenvalue weighted by Gasteiger charge is -2.15. The molecular weight excluding hydrogens is 266 g/mol. The highest BCUT2D eigenvalue weighted by Gasteiger charge is 2.20. The molecule has 2 aromatic carbocycles. The molecule has 0 radical (unpaired) electrons. The van der Waals surface area contributed by atoms with Crippen LogP contribution in [0.5, 0.6) is 0 Å². The van der Waals surface area contributed by atoms with Gasteiger partial charge >= 0.3 is 5.97 Å². The maximum absolute atomic E-state index is 11.6. The molecule has 2 aromatic rings. The second kappa shape index (κ2) is 6.88. The number of carbonyl (C=O) groups excluding carboxylic acids is 1. The Morgan fingerprint density at radius 3 is 2.57 bits per heavy atom. The average Bonchev–Trinajstić information content (AvgIpc) is 2.47. The standard InChI is InChI=1S/C17H19NO3/c1-2-6-16(19)18-15(17(20)21)11-13-9-5-8-12-7-3-4-10-14(12)13/h3-5,7-10,15H,2,6,11H2,1H3,(H,18,19)(H,20,21). The average molecular weight is 285 g/mol. The van der Waals surface area contributed by atoms with Crippen LogP contribution in [-0.4, -0.2) is 23.0 Å². The molecule has 4 nitrogen and oxygen atoms in total. The van der Waals surface area contributed by atoms with Gasteiger partial charge in [0.15, 0.2) is 0 Å². The Morgan fingerprint density at radius 1 is 1.14 bits per heavy atom. The number of hydrogen-bond acceptors (Lipinski definition) is 2. The van der Waals surface area contributed by atoms with Gasteiger partial charge < -0.3 is 10.4 Å². The van der Waals surface area contributed by atoms with Crippen LogP contribution in [-0.2, 0) is 16.0 Å². The predicted molar refractivity (Wildman–Crippen MR) is 82.1 cm³/mol. The van der Waals surface area contributed by atoms with Crippen LogP contribution in [0.2, 0.25) is 0 Å². The second-order valence-corrected chi connectivity index (χ2v) is 5.05. The quantitative estimate of drug-likeness (QED) is 0.857. The summed E-state index contributed by atoms with van der Waals surface area (Å²) < 4.78 is 0. The summed E-state index contributed by atoms with van der Waals surface area (Å²) >= 11 is 0. The lowest BCUT2D eigenvalue weighted by atomic mass is 9.98. The van der Waals surface area contributed by atoms with Gasteiger partial charge in [0.25, 0.3) is 0 Å². The summed E-state index contributed by atoms with van der Waals surface area (Å²) in [5, 5.41) is 14.0. The summed E-state index contributed by atoms with van der Waals surface area (Å²) in [5.74, 6) is -1.22. The first-order valence-electron chi connectivity index (χ1n) is 7.10. The first-order valence-corrected chi connectivity index (χ1v) is 7.10. The van der Waals surface area contributed by atoms with E-state index in [2.05, 4.69) is 5.32 Å². The van der Waals surface area contributed by atoms with E-state index >= 15 is 0 Å². The third-order valence-corrected chi connectivity index (χ3v) is 3.41. The normalized spacial score (nSPS) is 12.0. The molecule has 1 atom stereocenters. The Morgan fingerprint density at radius 2 is 1.86 bits per heavy atom. The van der Waals surface area contributed by atoms with E-state index in [0.717, 1.165) is 16.3 Å². The number of amides is 1. The molecule has 110 valence electrons. The minimum atomic E-state index is -1.01. The van der Waals surface area contributed by atoms with Crippen molar-refractivity contribution in [3.63, 3.8) is 0 Å². The number of nitrogens with one attached hydrogen (secondary N) is 1. The van der Waals surface area contributed by atoms with E-state index in [1.54, 1.807) is 0 Å². The van der Waals surface area contributed by atoms with E-state index in [-0.39, 0.29) is 12.3 Å². The summed E-state index contributed by atoms with van der Waals surface area (Å²) in [4.78, 5) is 23.0. The molecule has 0 saturated heterocycles. The maximum Gasteiger partial charge on any atom is 0.326 e. The Hall–Kier alpha value is -2.36. The van der Waals surface area contributed by atoms with Gasteiger partial charge in [0.2, 0.25) is 5.91 Å². The Balaban J connectivity index is 2.23. The first-order chi connectivity index (χ1) is 10.1. The molecule has 4 heteroatoms. The van der Waals surface area contributed by atoms with Gasteiger partial charge in [-0.2, -0.15) is 0 Å². The number of carboxylic acids is 1. The van der Waals surface area contributed by atoms with Crippen LogP contribution >= 0.6 is 0 Å². The molecular formula is C17H19NO3. The van der Waals surface area contributed by atoms with Crippen molar-refractivity contribution in [2.75, 3.05) is 0 Å². The topological polar surface area (TPSA) is 66.4 Å². The van der Waals surface area contributed by atoms with Gasteiger partial charge in [0.1, 0.15) is 6.04 Å². The molecule has 2 rings (SSSR count). The van der Waals surface area contributed by atoms with Crippen molar-refractivity contribution in [3.05, 3.63) is 48.0 Å². The Kier molecular flexibility index (Phi) is 4.93. The van der Waals surface area contributed by atoms with Crippen molar-refractivity contribution in [3.8, 4) is 0 Å². The molecule has 0 fully saturated rings. The first kappa shape index (κ1) is 15.0.